The number of methoxy groups -OCH3 is 1. The van der Waals surface area contributed by atoms with Crippen LogP contribution in [-0.2, 0) is 0 Å². The van der Waals surface area contributed by atoms with Crippen LogP contribution in [0.1, 0.15) is 18.5 Å². The maximum absolute atomic E-state index is 5.27. The van der Waals surface area contributed by atoms with Crippen LogP contribution < -0.4 is 10.1 Å². The van der Waals surface area contributed by atoms with Gasteiger partial charge < -0.3 is 10.1 Å². The number of benzene rings is 1. The van der Waals surface area contributed by atoms with E-state index >= 15 is 0 Å². The monoisotopic (exact) mass is 278 g/mol. The lowest BCUT2D eigenvalue weighted by molar-refractivity contribution is 0.413. The van der Waals surface area contributed by atoms with E-state index in [0.29, 0.717) is 0 Å². The Morgan fingerprint density at radius 3 is 3.05 bits per heavy atom. The van der Waals surface area contributed by atoms with E-state index < -0.39 is 0 Å². The molecule has 5 nitrogen and oxygen atoms in total. The van der Waals surface area contributed by atoms with Gasteiger partial charge in [-0.3, -0.25) is 5.10 Å². The van der Waals surface area contributed by atoms with Gasteiger partial charge in [-0.25, -0.2) is 4.98 Å². The number of hydrogen-bond acceptors (Lipinski definition) is 5. The van der Waals surface area contributed by atoms with Gasteiger partial charge in [0.1, 0.15) is 12.1 Å². The summed E-state index contributed by atoms with van der Waals surface area (Å²) in [4.78, 5) is 4.12. The molecule has 1 unspecified atom stereocenters. The van der Waals surface area contributed by atoms with Crippen LogP contribution in [0.15, 0.2) is 35.7 Å². The average Bonchev–Trinajstić information content (AvgIpc) is 2.97. The van der Waals surface area contributed by atoms with Gasteiger partial charge in [-0.2, -0.15) is 5.10 Å². The Balaban J connectivity index is 2.05. The molecule has 0 aliphatic carbocycles. The summed E-state index contributed by atoms with van der Waals surface area (Å²) >= 11 is 1.65. The van der Waals surface area contributed by atoms with Gasteiger partial charge in [0.2, 0.25) is 0 Å². The van der Waals surface area contributed by atoms with Gasteiger partial charge in [-0.1, -0.05) is 30.8 Å². The lowest BCUT2D eigenvalue weighted by Gasteiger charge is -2.18. The van der Waals surface area contributed by atoms with Crippen molar-refractivity contribution in [3.05, 3.63) is 36.2 Å². The molecule has 2 aromatic rings. The first-order valence-electron chi connectivity index (χ1n) is 6.19. The molecule has 2 N–H and O–H groups in total. The summed E-state index contributed by atoms with van der Waals surface area (Å²) in [6, 6.07) is 8.40. The van der Waals surface area contributed by atoms with E-state index in [2.05, 4.69) is 39.6 Å². The van der Waals surface area contributed by atoms with E-state index in [1.165, 1.54) is 11.9 Å². The zero-order chi connectivity index (χ0) is 13.5. The Morgan fingerprint density at radius 2 is 2.37 bits per heavy atom. The van der Waals surface area contributed by atoms with Crippen LogP contribution in [0.4, 0.5) is 0 Å². The van der Waals surface area contributed by atoms with Gasteiger partial charge in [0.15, 0.2) is 5.16 Å². The second-order valence-electron chi connectivity index (χ2n) is 3.99. The molecule has 0 aliphatic heterocycles. The Labute approximate surface area is 117 Å². The lowest BCUT2D eigenvalue weighted by atomic mass is 10.1. The van der Waals surface area contributed by atoms with Gasteiger partial charge >= 0.3 is 0 Å². The first-order chi connectivity index (χ1) is 9.33. The summed E-state index contributed by atoms with van der Waals surface area (Å²) < 4.78 is 5.27. The quantitative estimate of drug-likeness (QED) is 0.761. The Morgan fingerprint density at radius 1 is 1.47 bits per heavy atom. The van der Waals surface area contributed by atoms with Crippen molar-refractivity contribution in [2.24, 2.45) is 0 Å². The highest BCUT2D eigenvalue weighted by Crippen LogP contribution is 2.24. The zero-order valence-electron chi connectivity index (χ0n) is 11.1. The number of nitrogens with zero attached hydrogens (tertiary/aromatic N) is 2. The minimum absolute atomic E-state index is 0.259. The highest BCUT2D eigenvalue weighted by atomic mass is 32.2. The molecule has 0 radical (unpaired) electrons. The molecule has 102 valence electrons. The van der Waals surface area contributed by atoms with Gasteiger partial charge in [0.25, 0.3) is 0 Å². The molecule has 0 bridgehead atoms. The number of aromatic nitrogens is 3. The van der Waals surface area contributed by atoms with Crippen molar-refractivity contribution in [1.82, 2.24) is 20.5 Å². The third-order valence-electron chi connectivity index (χ3n) is 2.73. The fraction of sp³-hybridized carbons (Fsp3) is 0.385. The van der Waals surface area contributed by atoms with Crippen LogP contribution in [-0.4, -0.2) is 34.6 Å². The van der Waals surface area contributed by atoms with Crippen molar-refractivity contribution in [1.29, 1.82) is 0 Å². The molecule has 0 aliphatic rings. The van der Waals surface area contributed by atoms with Crippen molar-refractivity contribution in [3.63, 3.8) is 0 Å². The first-order valence-corrected chi connectivity index (χ1v) is 7.17. The summed E-state index contributed by atoms with van der Waals surface area (Å²) in [6.45, 7) is 3.02. The van der Waals surface area contributed by atoms with Gasteiger partial charge in [-0.05, 0) is 24.2 Å². The van der Waals surface area contributed by atoms with Crippen LogP contribution in [0.5, 0.6) is 5.75 Å². The number of ether oxygens (including phenoxy) is 1. The summed E-state index contributed by atoms with van der Waals surface area (Å²) in [5.74, 6) is 1.76. The molecule has 6 heteroatoms. The summed E-state index contributed by atoms with van der Waals surface area (Å²) in [7, 11) is 1.69. The van der Waals surface area contributed by atoms with Gasteiger partial charge in [0.05, 0.1) is 7.11 Å². The average molecular weight is 278 g/mol. The Bertz CT molecular complexity index is 489. The van der Waals surface area contributed by atoms with Crippen LogP contribution >= 0.6 is 11.8 Å². The summed E-state index contributed by atoms with van der Waals surface area (Å²) in [5, 5.41) is 11.0. The molecule has 0 saturated heterocycles. The predicted octanol–water partition coefficient (Wildman–Crippen LogP) is 2.26. The standard InChI is InChI=1S/C13H18N4OS/c1-3-14-12(8-19-13-15-9-16-17-13)10-5-4-6-11(7-10)18-2/h4-7,9,12,14H,3,8H2,1-2H3,(H,15,16,17). The van der Waals surface area contributed by atoms with Crippen LogP contribution in [0.2, 0.25) is 0 Å². The van der Waals surface area contributed by atoms with E-state index in [0.717, 1.165) is 23.2 Å². The fourth-order valence-electron chi connectivity index (χ4n) is 1.80. The third kappa shape index (κ3) is 3.97. The molecule has 1 aromatic heterocycles. The van der Waals surface area contributed by atoms with Crippen LogP contribution in [0.3, 0.4) is 0 Å². The van der Waals surface area contributed by atoms with Gasteiger partial charge in [-0.15, -0.1) is 0 Å². The number of H-pyrrole nitrogens is 1. The zero-order valence-corrected chi connectivity index (χ0v) is 11.9. The highest BCUT2D eigenvalue weighted by molar-refractivity contribution is 7.99. The number of thioether (sulfide) groups is 1. The molecule has 0 saturated carbocycles. The number of aromatic amines is 1. The largest absolute Gasteiger partial charge is 0.497 e. The van der Waals surface area contributed by atoms with Gasteiger partial charge in [0, 0.05) is 11.8 Å². The van der Waals surface area contributed by atoms with E-state index in [1.807, 2.05) is 12.1 Å². The number of hydrogen-bond donors (Lipinski definition) is 2. The molecule has 2 rings (SSSR count). The number of rotatable bonds is 7. The van der Waals surface area contributed by atoms with Crippen LogP contribution in [0, 0.1) is 0 Å². The first kappa shape index (κ1) is 13.9. The summed E-state index contributed by atoms with van der Waals surface area (Å²) in [5.41, 5.74) is 1.22. The molecule has 1 atom stereocenters. The molecular formula is C13H18N4OS. The Kier molecular flexibility index (Phi) is 5.23. The van der Waals surface area contributed by atoms with E-state index in [9.17, 15) is 0 Å². The second kappa shape index (κ2) is 7.16. The topological polar surface area (TPSA) is 62.8 Å². The molecule has 0 amide bonds. The van der Waals surface area contributed by atoms with E-state index in [1.54, 1.807) is 18.9 Å². The molecule has 19 heavy (non-hydrogen) atoms. The minimum atomic E-state index is 0.259. The van der Waals surface area contributed by atoms with Crippen molar-refractivity contribution < 1.29 is 4.74 Å². The third-order valence-corrected chi connectivity index (χ3v) is 3.70. The second-order valence-corrected chi connectivity index (χ2v) is 5.00. The van der Waals surface area contributed by atoms with Crippen molar-refractivity contribution in [2.75, 3.05) is 19.4 Å². The van der Waals surface area contributed by atoms with Crippen molar-refractivity contribution in [2.45, 2.75) is 18.1 Å². The fourth-order valence-corrected chi connectivity index (χ4v) is 2.68. The van der Waals surface area contributed by atoms with Crippen LogP contribution in [0.25, 0.3) is 0 Å². The minimum Gasteiger partial charge on any atom is -0.497 e. The Hall–Kier alpha value is -1.53. The maximum Gasteiger partial charge on any atom is 0.183 e. The van der Waals surface area contributed by atoms with Crippen molar-refractivity contribution in [3.8, 4) is 5.75 Å². The van der Waals surface area contributed by atoms with E-state index in [-0.39, 0.29) is 6.04 Å². The normalized spacial score (nSPS) is 12.3. The molecule has 1 heterocycles. The maximum atomic E-state index is 5.27. The smallest absolute Gasteiger partial charge is 0.183 e. The molecule has 0 fully saturated rings. The predicted molar refractivity (Wildman–Crippen MR) is 76.5 cm³/mol. The van der Waals surface area contributed by atoms with Crippen molar-refractivity contribution >= 4 is 11.8 Å². The molecular weight excluding hydrogens is 260 g/mol. The van der Waals surface area contributed by atoms with E-state index in [4.69, 9.17) is 4.74 Å². The highest BCUT2D eigenvalue weighted by Gasteiger charge is 2.12. The lowest BCUT2D eigenvalue weighted by Crippen LogP contribution is -2.23. The SMILES string of the molecule is CCNC(CSc1ncn[nH]1)c1cccc(OC)c1. The number of nitrogens with one attached hydrogen (secondary N) is 2. The summed E-state index contributed by atoms with van der Waals surface area (Å²) in [6.07, 6.45) is 1.52. The molecule has 1 aromatic carbocycles. The molecule has 0 spiro atoms.